The maximum atomic E-state index is 13.5. The zero-order valence-corrected chi connectivity index (χ0v) is 21.3. The number of nitrogens with one attached hydrogen (secondary N) is 2. The number of hydrogen-bond donors (Lipinski definition) is 2. The van der Waals surface area contributed by atoms with Gasteiger partial charge in [-0.15, -0.1) is 0 Å². The van der Waals surface area contributed by atoms with E-state index in [0.717, 1.165) is 33.6 Å². The SMILES string of the molecule is CN(C)c1ccc(C(NC(=O)NC(c2ccccc2)c2ccc(N(C)C)cc2)c2ccccc2)cc1. The van der Waals surface area contributed by atoms with Crippen molar-refractivity contribution in [1.29, 1.82) is 0 Å². The average Bonchev–Trinajstić information content (AvgIpc) is 2.91. The van der Waals surface area contributed by atoms with Crippen molar-refractivity contribution in [2.45, 2.75) is 12.1 Å². The first-order valence-corrected chi connectivity index (χ1v) is 12.1. The van der Waals surface area contributed by atoms with Gasteiger partial charge in [-0.05, 0) is 46.5 Å². The minimum atomic E-state index is -0.282. The van der Waals surface area contributed by atoms with Crippen LogP contribution in [0.25, 0.3) is 0 Å². The highest BCUT2D eigenvalue weighted by atomic mass is 16.2. The average molecular weight is 479 g/mol. The summed E-state index contributed by atoms with van der Waals surface area (Å²) < 4.78 is 0. The number of urea groups is 1. The van der Waals surface area contributed by atoms with E-state index in [0.29, 0.717) is 0 Å². The second kappa shape index (κ2) is 11.5. The molecule has 2 N–H and O–H groups in total. The van der Waals surface area contributed by atoms with E-state index in [4.69, 9.17) is 0 Å². The van der Waals surface area contributed by atoms with Crippen molar-refractivity contribution in [3.63, 3.8) is 0 Å². The Morgan fingerprint density at radius 2 is 0.806 bits per heavy atom. The van der Waals surface area contributed by atoms with Crippen LogP contribution in [0.2, 0.25) is 0 Å². The second-order valence-corrected chi connectivity index (χ2v) is 9.28. The van der Waals surface area contributed by atoms with Crippen molar-refractivity contribution < 1.29 is 4.79 Å². The molecule has 0 spiro atoms. The van der Waals surface area contributed by atoms with Gasteiger partial charge in [0.05, 0.1) is 12.1 Å². The van der Waals surface area contributed by atoms with Gasteiger partial charge in [-0.1, -0.05) is 84.9 Å². The van der Waals surface area contributed by atoms with Crippen molar-refractivity contribution in [2.24, 2.45) is 0 Å². The number of nitrogens with zero attached hydrogens (tertiary/aromatic N) is 2. The number of amides is 2. The van der Waals surface area contributed by atoms with E-state index in [-0.39, 0.29) is 18.1 Å². The molecule has 0 aliphatic rings. The zero-order chi connectivity index (χ0) is 25.5. The Labute approximate surface area is 214 Å². The van der Waals surface area contributed by atoms with E-state index >= 15 is 0 Å². The molecule has 4 aromatic rings. The summed E-state index contributed by atoms with van der Waals surface area (Å²) in [6, 6.07) is 35.9. The standard InChI is InChI=1S/C31H34N4O/c1-34(2)27-19-15-25(16-20-27)29(23-11-7-5-8-12-23)32-31(36)33-30(24-13-9-6-10-14-24)26-17-21-28(22-18-26)35(3)4/h5-22,29-30H,1-4H3,(H2,32,33,36). The highest BCUT2D eigenvalue weighted by Gasteiger charge is 2.21. The van der Waals surface area contributed by atoms with Gasteiger partial charge in [0.25, 0.3) is 0 Å². The van der Waals surface area contributed by atoms with E-state index in [9.17, 15) is 4.79 Å². The molecule has 0 aliphatic heterocycles. The molecule has 0 saturated carbocycles. The molecule has 5 heteroatoms. The maximum absolute atomic E-state index is 13.5. The third-order valence-electron chi connectivity index (χ3n) is 6.30. The Kier molecular flexibility index (Phi) is 7.91. The van der Waals surface area contributed by atoms with Crippen LogP contribution in [0, 0.1) is 0 Å². The molecular weight excluding hydrogens is 444 g/mol. The van der Waals surface area contributed by atoms with Gasteiger partial charge < -0.3 is 20.4 Å². The summed E-state index contributed by atoms with van der Waals surface area (Å²) in [5.41, 5.74) is 6.32. The first kappa shape index (κ1) is 24.9. The van der Waals surface area contributed by atoms with Crippen molar-refractivity contribution in [2.75, 3.05) is 38.0 Å². The maximum Gasteiger partial charge on any atom is 0.316 e. The summed E-state index contributed by atoms with van der Waals surface area (Å²) in [7, 11) is 8.07. The molecule has 0 aliphatic carbocycles. The summed E-state index contributed by atoms with van der Waals surface area (Å²) in [6.45, 7) is 0. The molecule has 0 bridgehead atoms. The van der Waals surface area contributed by atoms with Crippen LogP contribution < -0.4 is 20.4 Å². The number of anilines is 2. The van der Waals surface area contributed by atoms with Gasteiger partial charge in [-0.2, -0.15) is 0 Å². The molecule has 2 unspecified atom stereocenters. The van der Waals surface area contributed by atoms with Gasteiger partial charge in [-0.25, -0.2) is 4.79 Å². The largest absolute Gasteiger partial charge is 0.378 e. The molecule has 4 aromatic carbocycles. The van der Waals surface area contributed by atoms with Crippen LogP contribution in [0.5, 0.6) is 0 Å². The minimum absolute atomic E-state index is 0.230. The first-order chi connectivity index (χ1) is 17.4. The van der Waals surface area contributed by atoms with Crippen LogP contribution in [0.3, 0.4) is 0 Å². The van der Waals surface area contributed by atoms with Crippen LogP contribution in [0.15, 0.2) is 109 Å². The summed E-state index contributed by atoms with van der Waals surface area (Å²) in [4.78, 5) is 17.6. The fourth-order valence-corrected chi connectivity index (χ4v) is 4.24. The van der Waals surface area contributed by atoms with Gasteiger partial charge in [0.15, 0.2) is 0 Å². The van der Waals surface area contributed by atoms with E-state index in [2.05, 4.69) is 69.0 Å². The normalized spacial score (nSPS) is 12.3. The van der Waals surface area contributed by atoms with Crippen molar-refractivity contribution >= 4 is 17.4 Å². The van der Waals surface area contributed by atoms with Crippen LogP contribution in [-0.2, 0) is 0 Å². The van der Waals surface area contributed by atoms with Crippen LogP contribution in [0.4, 0.5) is 16.2 Å². The highest BCUT2D eigenvalue weighted by Crippen LogP contribution is 2.27. The van der Waals surface area contributed by atoms with Crippen molar-refractivity contribution in [3.05, 3.63) is 131 Å². The van der Waals surface area contributed by atoms with Crippen LogP contribution in [0.1, 0.15) is 34.3 Å². The molecular formula is C31H34N4O. The lowest BCUT2D eigenvalue weighted by Crippen LogP contribution is -2.40. The molecule has 0 fully saturated rings. The Morgan fingerprint density at radius 3 is 1.11 bits per heavy atom. The van der Waals surface area contributed by atoms with Crippen LogP contribution in [-0.4, -0.2) is 34.2 Å². The molecule has 5 nitrogen and oxygen atoms in total. The van der Waals surface area contributed by atoms with Gasteiger partial charge in [0, 0.05) is 39.6 Å². The lowest BCUT2D eigenvalue weighted by atomic mass is 9.97. The molecule has 0 radical (unpaired) electrons. The minimum Gasteiger partial charge on any atom is -0.378 e. The Balaban J connectivity index is 1.61. The molecule has 0 aromatic heterocycles. The molecule has 0 saturated heterocycles. The van der Waals surface area contributed by atoms with Crippen LogP contribution >= 0.6 is 0 Å². The summed E-state index contributed by atoms with van der Waals surface area (Å²) in [6.07, 6.45) is 0. The monoisotopic (exact) mass is 478 g/mol. The topological polar surface area (TPSA) is 47.6 Å². The summed E-state index contributed by atoms with van der Waals surface area (Å²) in [5.74, 6) is 0. The Bertz CT molecular complexity index is 1140. The fourth-order valence-electron chi connectivity index (χ4n) is 4.24. The predicted octanol–water partition coefficient (Wildman–Crippen LogP) is 6.00. The lowest BCUT2D eigenvalue weighted by molar-refractivity contribution is 0.236. The van der Waals surface area contributed by atoms with E-state index in [1.807, 2.05) is 88.9 Å². The van der Waals surface area contributed by atoms with E-state index < -0.39 is 0 Å². The summed E-state index contributed by atoms with van der Waals surface area (Å²) in [5, 5.41) is 6.45. The molecule has 4 rings (SSSR count). The van der Waals surface area contributed by atoms with Crippen molar-refractivity contribution in [3.8, 4) is 0 Å². The molecule has 0 heterocycles. The molecule has 184 valence electrons. The third-order valence-corrected chi connectivity index (χ3v) is 6.30. The summed E-state index contributed by atoms with van der Waals surface area (Å²) >= 11 is 0. The smallest absolute Gasteiger partial charge is 0.316 e. The zero-order valence-electron chi connectivity index (χ0n) is 21.3. The van der Waals surface area contributed by atoms with E-state index in [1.54, 1.807) is 0 Å². The van der Waals surface area contributed by atoms with Crippen molar-refractivity contribution in [1.82, 2.24) is 10.6 Å². The number of benzene rings is 4. The van der Waals surface area contributed by atoms with Gasteiger partial charge in [0.2, 0.25) is 0 Å². The van der Waals surface area contributed by atoms with E-state index in [1.165, 1.54) is 0 Å². The third kappa shape index (κ3) is 6.05. The van der Waals surface area contributed by atoms with Gasteiger partial charge in [-0.3, -0.25) is 0 Å². The number of hydrogen-bond acceptors (Lipinski definition) is 3. The number of rotatable bonds is 8. The highest BCUT2D eigenvalue weighted by molar-refractivity contribution is 5.76. The molecule has 36 heavy (non-hydrogen) atoms. The fraction of sp³-hybridized carbons (Fsp3) is 0.194. The molecule has 2 atom stereocenters. The predicted molar refractivity (Wildman–Crippen MR) is 150 cm³/mol. The quantitative estimate of drug-likeness (QED) is 0.327. The number of carbonyl (C=O) groups excluding carboxylic acids is 1. The Morgan fingerprint density at radius 1 is 0.500 bits per heavy atom. The van der Waals surface area contributed by atoms with Gasteiger partial charge >= 0.3 is 6.03 Å². The first-order valence-electron chi connectivity index (χ1n) is 12.1. The Hall–Kier alpha value is -4.25. The lowest BCUT2D eigenvalue weighted by Gasteiger charge is -2.25. The van der Waals surface area contributed by atoms with Gasteiger partial charge in [0.1, 0.15) is 0 Å². The second-order valence-electron chi connectivity index (χ2n) is 9.28. The number of carbonyl (C=O) groups is 1. The molecule has 2 amide bonds.